The van der Waals surface area contributed by atoms with E-state index in [1.807, 2.05) is 13.0 Å². The number of allylic oxidation sites excluding steroid dienone is 2. The van der Waals surface area contributed by atoms with Crippen molar-refractivity contribution in [3.05, 3.63) is 41.7 Å². The molecule has 1 aromatic rings. The highest BCUT2D eigenvalue weighted by Gasteiger charge is 1.98. The molecule has 0 radical (unpaired) electrons. The fourth-order valence-electron chi connectivity index (χ4n) is 1.13. The van der Waals surface area contributed by atoms with E-state index in [-0.39, 0.29) is 5.82 Å². The normalized spacial score (nSPS) is 11.0. The Labute approximate surface area is 77.1 Å². The van der Waals surface area contributed by atoms with Gasteiger partial charge >= 0.3 is 0 Å². The predicted octanol–water partition coefficient (Wildman–Crippen LogP) is 3.14. The standard InChI is InChI=1S/C11H10FN/c1-2-9(7-8-13)10-3-5-11(12)6-4-10/h3-7H,2H2,1H3. The van der Waals surface area contributed by atoms with Gasteiger partial charge in [-0.1, -0.05) is 19.1 Å². The molecule has 0 atom stereocenters. The molecule has 0 unspecified atom stereocenters. The molecule has 0 saturated heterocycles. The van der Waals surface area contributed by atoms with Crippen molar-refractivity contribution in [2.75, 3.05) is 0 Å². The third kappa shape index (κ3) is 2.41. The van der Waals surface area contributed by atoms with Gasteiger partial charge in [-0.3, -0.25) is 0 Å². The molecule has 0 heterocycles. The Kier molecular flexibility index (Phi) is 3.22. The minimum atomic E-state index is -0.254. The summed E-state index contributed by atoms with van der Waals surface area (Å²) in [6.45, 7) is 1.96. The van der Waals surface area contributed by atoms with E-state index < -0.39 is 0 Å². The second kappa shape index (κ2) is 4.42. The molecule has 0 aliphatic carbocycles. The Morgan fingerprint density at radius 1 is 1.46 bits per heavy atom. The van der Waals surface area contributed by atoms with Crippen LogP contribution in [0.3, 0.4) is 0 Å². The van der Waals surface area contributed by atoms with E-state index in [4.69, 9.17) is 5.26 Å². The smallest absolute Gasteiger partial charge is 0.123 e. The lowest BCUT2D eigenvalue weighted by molar-refractivity contribution is 0.627. The van der Waals surface area contributed by atoms with Crippen LogP contribution in [0.15, 0.2) is 30.3 Å². The molecule has 0 fully saturated rings. The average Bonchev–Trinajstić information content (AvgIpc) is 2.16. The zero-order valence-electron chi connectivity index (χ0n) is 7.42. The Bertz CT molecular complexity index is 343. The Balaban J connectivity index is 3.01. The number of halogens is 1. The maximum absolute atomic E-state index is 12.6. The van der Waals surface area contributed by atoms with Gasteiger partial charge < -0.3 is 0 Å². The van der Waals surface area contributed by atoms with Gasteiger partial charge in [-0.25, -0.2) is 4.39 Å². The largest absolute Gasteiger partial charge is 0.207 e. The summed E-state index contributed by atoms with van der Waals surface area (Å²) >= 11 is 0. The molecule has 0 aromatic heterocycles. The quantitative estimate of drug-likeness (QED) is 0.633. The van der Waals surface area contributed by atoms with E-state index >= 15 is 0 Å². The molecule has 66 valence electrons. The van der Waals surface area contributed by atoms with Crippen molar-refractivity contribution in [3.63, 3.8) is 0 Å². The lowest BCUT2D eigenvalue weighted by Crippen LogP contribution is -1.82. The minimum Gasteiger partial charge on any atom is -0.207 e. The SMILES string of the molecule is CCC(=CC#N)c1ccc(F)cc1. The van der Waals surface area contributed by atoms with E-state index in [0.717, 1.165) is 17.6 Å². The Morgan fingerprint density at radius 3 is 2.54 bits per heavy atom. The summed E-state index contributed by atoms with van der Waals surface area (Å²) in [5.41, 5.74) is 1.84. The van der Waals surface area contributed by atoms with E-state index in [1.165, 1.54) is 18.2 Å². The molecule has 0 spiro atoms. The number of hydrogen-bond acceptors (Lipinski definition) is 1. The second-order valence-electron chi connectivity index (χ2n) is 2.66. The molecular formula is C11H10FN. The summed E-state index contributed by atoms with van der Waals surface area (Å²) in [6.07, 6.45) is 2.27. The summed E-state index contributed by atoms with van der Waals surface area (Å²) in [7, 11) is 0. The van der Waals surface area contributed by atoms with E-state index in [0.29, 0.717) is 0 Å². The molecule has 0 N–H and O–H groups in total. The van der Waals surface area contributed by atoms with Crippen LogP contribution in [0.5, 0.6) is 0 Å². The van der Waals surface area contributed by atoms with Crippen LogP contribution in [-0.4, -0.2) is 0 Å². The van der Waals surface area contributed by atoms with Crippen molar-refractivity contribution in [1.82, 2.24) is 0 Å². The summed E-state index contributed by atoms with van der Waals surface area (Å²) < 4.78 is 12.6. The number of rotatable bonds is 2. The lowest BCUT2D eigenvalue weighted by Gasteiger charge is -2.01. The predicted molar refractivity (Wildman–Crippen MR) is 50.3 cm³/mol. The minimum absolute atomic E-state index is 0.254. The number of benzene rings is 1. The molecule has 0 saturated carbocycles. The van der Waals surface area contributed by atoms with Gasteiger partial charge in [-0.05, 0) is 29.7 Å². The van der Waals surface area contributed by atoms with Crippen molar-refractivity contribution in [3.8, 4) is 6.07 Å². The highest BCUT2D eigenvalue weighted by Crippen LogP contribution is 2.17. The van der Waals surface area contributed by atoms with E-state index in [1.54, 1.807) is 12.1 Å². The van der Waals surface area contributed by atoms with Crippen LogP contribution in [-0.2, 0) is 0 Å². The van der Waals surface area contributed by atoms with Crippen molar-refractivity contribution >= 4 is 5.57 Å². The molecule has 0 aliphatic heterocycles. The second-order valence-corrected chi connectivity index (χ2v) is 2.66. The molecule has 1 rings (SSSR count). The van der Waals surface area contributed by atoms with Crippen LogP contribution in [0.25, 0.3) is 5.57 Å². The first-order chi connectivity index (χ1) is 6.27. The lowest BCUT2D eigenvalue weighted by atomic mass is 10.0. The molecule has 1 aromatic carbocycles. The third-order valence-corrected chi connectivity index (χ3v) is 1.83. The summed E-state index contributed by atoms with van der Waals surface area (Å²) in [5, 5.41) is 8.48. The van der Waals surface area contributed by atoms with Crippen LogP contribution >= 0.6 is 0 Å². The topological polar surface area (TPSA) is 23.8 Å². The average molecular weight is 175 g/mol. The van der Waals surface area contributed by atoms with Crippen LogP contribution in [0.2, 0.25) is 0 Å². The van der Waals surface area contributed by atoms with Crippen LogP contribution < -0.4 is 0 Å². The maximum atomic E-state index is 12.6. The van der Waals surface area contributed by atoms with Gasteiger partial charge in [0.15, 0.2) is 0 Å². The van der Waals surface area contributed by atoms with Crippen LogP contribution in [0.1, 0.15) is 18.9 Å². The van der Waals surface area contributed by atoms with E-state index in [9.17, 15) is 4.39 Å². The molecule has 0 aliphatic rings. The van der Waals surface area contributed by atoms with Crippen molar-refractivity contribution in [2.24, 2.45) is 0 Å². The first-order valence-electron chi connectivity index (χ1n) is 4.12. The number of hydrogen-bond donors (Lipinski definition) is 0. The third-order valence-electron chi connectivity index (χ3n) is 1.83. The van der Waals surface area contributed by atoms with E-state index in [2.05, 4.69) is 0 Å². The van der Waals surface area contributed by atoms with Crippen molar-refractivity contribution in [1.29, 1.82) is 5.26 Å². The monoisotopic (exact) mass is 175 g/mol. The zero-order chi connectivity index (χ0) is 9.68. The molecule has 0 bridgehead atoms. The molecule has 0 amide bonds. The summed E-state index contributed by atoms with van der Waals surface area (Å²) in [5.74, 6) is -0.254. The Hall–Kier alpha value is -1.62. The summed E-state index contributed by atoms with van der Waals surface area (Å²) in [4.78, 5) is 0. The zero-order valence-corrected chi connectivity index (χ0v) is 7.42. The van der Waals surface area contributed by atoms with Crippen LogP contribution in [0, 0.1) is 17.1 Å². The van der Waals surface area contributed by atoms with Gasteiger partial charge in [-0.2, -0.15) is 5.26 Å². The first-order valence-corrected chi connectivity index (χ1v) is 4.12. The van der Waals surface area contributed by atoms with Crippen molar-refractivity contribution < 1.29 is 4.39 Å². The highest BCUT2D eigenvalue weighted by molar-refractivity contribution is 5.67. The first kappa shape index (κ1) is 9.47. The van der Waals surface area contributed by atoms with Gasteiger partial charge in [0.1, 0.15) is 5.82 Å². The number of nitrogens with zero attached hydrogens (tertiary/aromatic N) is 1. The van der Waals surface area contributed by atoms with Gasteiger partial charge in [0.05, 0.1) is 6.07 Å². The molecule has 1 nitrogen and oxygen atoms in total. The molecule has 2 heteroatoms. The fraction of sp³-hybridized carbons (Fsp3) is 0.182. The van der Waals surface area contributed by atoms with Crippen LogP contribution in [0.4, 0.5) is 4.39 Å². The van der Waals surface area contributed by atoms with Gasteiger partial charge in [0.25, 0.3) is 0 Å². The summed E-state index contributed by atoms with van der Waals surface area (Å²) in [6, 6.07) is 8.14. The fourth-order valence-corrected chi connectivity index (χ4v) is 1.13. The highest BCUT2D eigenvalue weighted by atomic mass is 19.1. The Morgan fingerprint density at radius 2 is 2.08 bits per heavy atom. The maximum Gasteiger partial charge on any atom is 0.123 e. The molecule has 13 heavy (non-hydrogen) atoms. The molecular weight excluding hydrogens is 165 g/mol. The van der Waals surface area contributed by atoms with Gasteiger partial charge in [0.2, 0.25) is 0 Å². The van der Waals surface area contributed by atoms with Crippen molar-refractivity contribution in [2.45, 2.75) is 13.3 Å². The number of nitriles is 1. The van der Waals surface area contributed by atoms with Gasteiger partial charge in [-0.15, -0.1) is 0 Å². The van der Waals surface area contributed by atoms with Gasteiger partial charge in [0, 0.05) is 6.08 Å².